The Morgan fingerprint density at radius 3 is 2.14 bits per heavy atom. The van der Waals surface area contributed by atoms with Crippen LogP contribution in [0.25, 0.3) is 22.2 Å². The van der Waals surface area contributed by atoms with E-state index in [1.807, 2.05) is 0 Å². The van der Waals surface area contributed by atoms with Crippen LogP contribution in [0.3, 0.4) is 0 Å². The molecule has 3 nitrogen and oxygen atoms in total. The van der Waals surface area contributed by atoms with E-state index in [2.05, 4.69) is 20.9 Å². The summed E-state index contributed by atoms with van der Waals surface area (Å²) in [6, 6.07) is 7.51. The van der Waals surface area contributed by atoms with Crippen molar-refractivity contribution in [3.63, 3.8) is 0 Å². The third-order valence-electron chi connectivity index (χ3n) is 3.92. The third kappa shape index (κ3) is 3.68. The van der Waals surface area contributed by atoms with E-state index in [0.717, 1.165) is 6.07 Å². The molecule has 1 heterocycles. The summed E-state index contributed by atoms with van der Waals surface area (Å²) in [5.74, 6) is -1.72. The van der Waals surface area contributed by atoms with Gasteiger partial charge < -0.3 is 5.11 Å². The second-order valence-corrected chi connectivity index (χ2v) is 6.61. The van der Waals surface area contributed by atoms with Gasteiger partial charge in [-0.2, -0.15) is 26.3 Å². The maximum absolute atomic E-state index is 13.4. The molecule has 0 atom stereocenters. The van der Waals surface area contributed by atoms with Crippen molar-refractivity contribution in [2.75, 3.05) is 0 Å². The third-order valence-corrected chi connectivity index (χ3v) is 4.61. The molecule has 2 aromatic carbocycles. The number of aromatic nitrogens is 1. The van der Waals surface area contributed by atoms with Gasteiger partial charge in [0.25, 0.3) is 0 Å². The smallest absolute Gasteiger partial charge is 0.417 e. The number of hydrogen-bond donors (Lipinski definition) is 1. The van der Waals surface area contributed by atoms with E-state index in [1.165, 1.54) is 6.07 Å². The first kappa shape index (κ1) is 20.1. The van der Waals surface area contributed by atoms with Crippen molar-refractivity contribution in [2.24, 2.45) is 0 Å². The number of aromatic carboxylic acids is 1. The molecule has 0 fully saturated rings. The van der Waals surface area contributed by atoms with Crippen LogP contribution in [-0.4, -0.2) is 16.1 Å². The molecule has 0 saturated heterocycles. The van der Waals surface area contributed by atoms with Crippen LogP contribution in [0.5, 0.6) is 0 Å². The van der Waals surface area contributed by atoms with E-state index in [-0.39, 0.29) is 11.8 Å². The Labute approximate surface area is 161 Å². The van der Waals surface area contributed by atoms with Crippen molar-refractivity contribution >= 4 is 32.8 Å². The molecule has 0 unspecified atom stereocenters. The van der Waals surface area contributed by atoms with E-state index < -0.39 is 45.9 Å². The SMILES string of the molecule is O=C(O)c1cc(-c2ccccc2Br)nc2cc(C(F)(F)F)cc(C(F)(F)F)c12. The molecule has 3 rings (SSSR count). The van der Waals surface area contributed by atoms with Gasteiger partial charge in [0.1, 0.15) is 0 Å². The zero-order valence-corrected chi connectivity index (χ0v) is 15.1. The van der Waals surface area contributed by atoms with Crippen LogP contribution < -0.4 is 0 Å². The normalized spacial score (nSPS) is 12.4. The number of carbonyl (C=O) groups is 1. The largest absolute Gasteiger partial charge is 0.478 e. The van der Waals surface area contributed by atoms with Crippen LogP contribution in [0.1, 0.15) is 21.5 Å². The average molecular weight is 464 g/mol. The molecule has 146 valence electrons. The number of carboxylic acids is 1. The van der Waals surface area contributed by atoms with Gasteiger partial charge in [-0.1, -0.05) is 34.1 Å². The molecule has 0 spiro atoms. The van der Waals surface area contributed by atoms with Gasteiger partial charge in [0.05, 0.1) is 27.9 Å². The van der Waals surface area contributed by atoms with E-state index in [0.29, 0.717) is 16.1 Å². The molecular weight excluding hydrogens is 456 g/mol. The van der Waals surface area contributed by atoms with Crippen molar-refractivity contribution in [1.82, 2.24) is 4.98 Å². The number of benzene rings is 2. The van der Waals surface area contributed by atoms with Gasteiger partial charge in [-0.05, 0) is 24.3 Å². The highest BCUT2D eigenvalue weighted by atomic mass is 79.9. The molecule has 3 aromatic rings. The molecule has 0 saturated carbocycles. The number of pyridine rings is 1. The molecule has 0 radical (unpaired) electrons. The number of fused-ring (bicyclic) bond motifs is 1. The lowest BCUT2D eigenvalue weighted by molar-refractivity contribution is -0.142. The van der Waals surface area contributed by atoms with Gasteiger partial charge in [0, 0.05) is 15.4 Å². The Kier molecular flexibility index (Phi) is 4.86. The molecule has 0 amide bonds. The molecule has 0 aliphatic carbocycles. The first-order valence-electron chi connectivity index (χ1n) is 7.51. The van der Waals surface area contributed by atoms with Crippen molar-refractivity contribution in [2.45, 2.75) is 12.4 Å². The van der Waals surface area contributed by atoms with Crippen LogP contribution in [0.2, 0.25) is 0 Å². The number of carboxylic acid groups (broad SMARTS) is 1. The van der Waals surface area contributed by atoms with Crippen molar-refractivity contribution in [3.05, 3.63) is 63.6 Å². The fourth-order valence-electron chi connectivity index (χ4n) is 2.73. The van der Waals surface area contributed by atoms with Gasteiger partial charge in [-0.15, -0.1) is 0 Å². The average Bonchev–Trinajstić information content (AvgIpc) is 2.58. The van der Waals surface area contributed by atoms with Crippen LogP contribution in [0.4, 0.5) is 26.3 Å². The minimum Gasteiger partial charge on any atom is -0.478 e. The Morgan fingerprint density at radius 2 is 1.61 bits per heavy atom. The van der Waals surface area contributed by atoms with Gasteiger partial charge >= 0.3 is 18.3 Å². The molecule has 10 heteroatoms. The molecule has 0 aliphatic heterocycles. The summed E-state index contributed by atoms with van der Waals surface area (Å²) in [5.41, 5.74) is -4.55. The first-order chi connectivity index (χ1) is 12.9. The van der Waals surface area contributed by atoms with Crippen LogP contribution >= 0.6 is 15.9 Å². The highest BCUT2D eigenvalue weighted by Crippen LogP contribution is 2.42. The van der Waals surface area contributed by atoms with Gasteiger partial charge in [-0.3, -0.25) is 0 Å². The van der Waals surface area contributed by atoms with Crippen LogP contribution in [0.15, 0.2) is 46.9 Å². The number of hydrogen-bond acceptors (Lipinski definition) is 2. The zero-order chi connectivity index (χ0) is 20.9. The predicted molar refractivity (Wildman–Crippen MR) is 91.8 cm³/mol. The van der Waals surface area contributed by atoms with Crippen LogP contribution in [-0.2, 0) is 12.4 Å². The van der Waals surface area contributed by atoms with E-state index >= 15 is 0 Å². The predicted octanol–water partition coefficient (Wildman–Crippen LogP) is 6.40. The lowest BCUT2D eigenvalue weighted by atomic mass is 9.97. The van der Waals surface area contributed by atoms with E-state index in [4.69, 9.17) is 0 Å². The van der Waals surface area contributed by atoms with Gasteiger partial charge in [-0.25, -0.2) is 9.78 Å². The fourth-order valence-corrected chi connectivity index (χ4v) is 3.22. The van der Waals surface area contributed by atoms with E-state index in [1.54, 1.807) is 18.2 Å². The number of halogens is 7. The summed E-state index contributed by atoms with van der Waals surface area (Å²) in [4.78, 5) is 15.5. The van der Waals surface area contributed by atoms with Gasteiger partial charge in [0.15, 0.2) is 0 Å². The summed E-state index contributed by atoms with van der Waals surface area (Å²) in [7, 11) is 0. The highest BCUT2D eigenvalue weighted by molar-refractivity contribution is 9.10. The van der Waals surface area contributed by atoms with Crippen molar-refractivity contribution in [3.8, 4) is 11.3 Å². The first-order valence-corrected chi connectivity index (χ1v) is 8.30. The second kappa shape index (κ2) is 6.77. The van der Waals surface area contributed by atoms with Crippen LogP contribution in [0, 0.1) is 0 Å². The zero-order valence-electron chi connectivity index (χ0n) is 13.5. The fraction of sp³-hybridized carbons (Fsp3) is 0.111. The summed E-state index contributed by atoms with van der Waals surface area (Å²) in [5, 5.41) is 8.51. The Balaban J connectivity index is 2.48. The summed E-state index contributed by atoms with van der Waals surface area (Å²) < 4.78 is 80.0. The quantitative estimate of drug-likeness (QED) is 0.447. The van der Waals surface area contributed by atoms with E-state index in [9.17, 15) is 36.2 Å². The molecular formula is C18H8BrF6NO2. The molecule has 28 heavy (non-hydrogen) atoms. The number of alkyl halides is 6. The Hall–Kier alpha value is -2.62. The summed E-state index contributed by atoms with van der Waals surface area (Å²) in [6.07, 6.45) is -10.3. The number of nitrogens with zero attached hydrogens (tertiary/aromatic N) is 1. The topological polar surface area (TPSA) is 50.2 Å². The maximum atomic E-state index is 13.4. The lowest BCUT2D eigenvalue weighted by Crippen LogP contribution is -2.14. The minimum absolute atomic E-state index is 0.0789. The standard InChI is InChI=1S/C18H8BrF6NO2/c19-12-4-2-1-3-9(12)13-7-10(16(27)28)15-11(18(23,24)25)5-8(17(20,21)22)6-14(15)26-13/h1-7H,(H,27,28). The molecule has 1 N–H and O–H groups in total. The lowest BCUT2D eigenvalue weighted by Gasteiger charge is -2.17. The number of rotatable bonds is 2. The monoisotopic (exact) mass is 463 g/mol. The Bertz CT molecular complexity index is 1090. The highest BCUT2D eigenvalue weighted by Gasteiger charge is 2.39. The summed E-state index contributed by atoms with van der Waals surface area (Å²) in [6.45, 7) is 0. The second-order valence-electron chi connectivity index (χ2n) is 5.75. The maximum Gasteiger partial charge on any atom is 0.417 e. The van der Waals surface area contributed by atoms with Gasteiger partial charge in [0.2, 0.25) is 0 Å². The van der Waals surface area contributed by atoms with Crippen molar-refractivity contribution < 1.29 is 36.2 Å². The summed E-state index contributed by atoms with van der Waals surface area (Å²) >= 11 is 3.20. The van der Waals surface area contributed by atoms with Crippen molar-refractivity contribution in [1.29, 1.82) is 0 Å². The molecule has 1 aromatic heterocycles. The Morgan fingerprint density at radius 1 is 0.964 bits per heavy atom. The minimum atomic E-state index is -5.21. The molecule has 0 bridgehead atoms. The molecule has 0 aliphatic rings.